The Labute approximate surface area is 108 Å². The first-order valence-corrected chi connectivity index (χ1v) is 7.61. The second-order valence-electron chi connectivity index (χ2n) is 4.97. The van der Waals surface area contributed by atoms with Gasteiger partial charge in [-0.1, -0.05) is 0 Å². The molecule has 7 nitrogen and oxygen atoms in total. The van der Waals surface area contributed by atoms with Gasteiger partial charge in [-0.15, -0.1) is 0 Å². The molecule has 3 atom stereocenters. The van der Waals surface area contributed by atoms with E-state index in [1.165, 1.54) is 9.21 Å². The molecule has 1 aromatic rings. The number of quaternary nitrogens is 1. The minimum atomic E-state index is -3.26. The Balaban J connectivity index is 2.31. The van der Waals surface area contributed by atoms with Crippen molar-refractivity contribution < 1.29 is 9.11 Å². The number of nitrogens with zero attached hydrogens (tertiary/aromatic N) is 3. The Morgan fingerprint density at radius 1 is 1.72 bits per heavy atom. The summed E-state index contributed by atoms with van der Waals surface area (Å²) in [5, 5.41) is 9.64. The lowest BCUT2D eigenvalue weighted by Crippen LogP contribution is -3.11. The van der Waals surface area contributed by atoms with Gasteiger partial charge in [0.05, 0.1) is 38.1 Å². The molecule has 0 amide bonds. The highest BCUT2D eigenvalue weighted by atomic mass is 32.2. The lowest BCUT2D eigenvalue weighted by atomic mass is 10.1. The molecule has 1 fully saturated rings. The van der Waals surface area contributed by atoms with Gasteiger partial charge in [-0.05, 0) is 12.8 Å². The van der Waals surface area contributed by atoms with E-state index >= 15 is 0 Å². The largest absolute Gasteiger partial charge is 0.336 e. The smallest absolute Gasteiger partial charge is 0.192 e. The molecule has 4 N–H and O–H groups in total. The zero-order valence-electron chi connectivity index (χ0n) is 10.8. The van der Waals surface area contributed by atoms with Crippen LogP contribution in [0.25, 0.3) is 0 Å². The maximum absolute atomic E-state index is 12.0. The fraction of sp³-hybridized carbons (Fsp3) is 0.700. The third-order valence-corrected chi connectivity index (χ3v) is 4.39. The highest BCUT2D eigenvalue weighted by molar-refractivity contribution is 7.91. The van der Waals surface area contributed by atoms with Gasteiger partial charge in [-0.2, -0.15) is 5.10 Å². The third-order valence-electron chi connectivity index (χ3n) is 3.29. The molecular formula is C10H21N6OS+. The van der Waals surface area contributed by atoms with Crippen LogP contribution in [0, 0.1) is 4.78 Å². The minimum absolute atomic E-state index is 0.0398. The van der Waals surface area contributed by atoms with E-state index in [1.807, 2.05) is 0 Å². The van der Waals surface area contributed by atoms with Crippen LogP contribution < -0.4 is 14.3 Å². The summed E-state index contributed by atoms with van der Waals surface area (Å²) >= 11 is 0. The number of aryl methyl sites for hydroxylation is 1. The zero-order chi connectivity index (χ0) is 13.3. The molecule has 1 aliphatic rings. The van der Waals surface area contributed by atoms with E-state index in [4.69, 9.17) is 9.92 Å². The van der Waals surface area contributed by atoms with Crippen molar-refractivity contribution in [2.24, 2.45) is 12.2 Å². The van der Waals surface area contributed by atoms with Crippen molar-refractivity contribution in [2.45, 2.75) is 18.9 Å². The number of nitrogens with two attached hydrogens (primary N) is 1. The first-order valence-electron chi connectivity index (χ1n) is 6.04. The van der Waals surface area contributed by atoms with E-state index in [1.54, 1.807) is 24.1 Å². The van der Waals surface area contributed by atoms with Crippen molar-refractivity contribution in [2.75, 3.05) is 24.4 Å². The SMILES string of the molecule is Cn1cc(N(C2CCC[NH+](C)C2)S(=N)(N)=O)cn1. The molecular weight excluding hydrogens is 252 g/mol. The topological polar surface area (TPSA) is 92.4 Å². The van der Waals surface area contributed by atoms with Gasteiger partial charge in [0.25, 0.3) is 0 Å². The van der Waals surface area contributed by atoms with Crippen LogP contribution in [0.4, 0.5) is 5.69 Å². The zero-order valence-corrected chi connectivity index (χ0v) is 11.6. The third kappa shape index (κ3) is 2.82. The number of piperidine rings is 1. The van der Waals surface area contributed by atoms with Gasteiger partial charge < -0.3 is 4.90 Å². The van der Waals surface area contributed by atoms with E-state index < -0.39 is 10.1 Å². The fourth-order valence-electron chi connectivity index (χ4n) is 2.56. The molecule has 3 unspecified atom stereocenters. The standard InChI is InChI=1S/C10H20N6OS/c1-14-5-3-4-9(7-14)16(18(11,12)17)10-6-13-15(2)8-10/h6,8-9H,3-5,7H2,1-2H3,(H3,11,12,17)/p+1. The van der Waals surface area contributed by atoms with Gasteiger partial charge in [-0.25, -0.2) is 14.1 Å². The van der Waals surface area contributed by atoms with Crippen molar-refractivity contribution in [3.63, 3.8) is 0 Å². The summed E-state index contributed by atoms with van der Waals surface area (Å²) in [6, 6.07) is 0.0398. The maximum atomic E-state index is 12.0. The van der Waals surface area contributed by atoms with Gasteiger partial charge in [-0.3, -0.25) is 8.99 Å². The van der Waals surface area contributed by atoms with Gasteiger partial charge in [0.1, 0.15) is 0 Å². The molecule has 0 bridgehead atoms. The van der Waals surface area contributed by atoms with E-state index in [2.05, 4.69) is 12.1 Å². The summed E-state index contributed by atoms with van der Waals surface area (Å²) < 4.78 is 22.9. The average molecular weight is 273 g/mol. The number of hydrogen-bond donors (Lipinski definition) is 3. The molecule has 0 radical (unpaired) electrons. The summed E-state index contributed by atoms with van der Waals surface area (Å²) in [6.07, 6.45) is 5.35. The average Bonchev–Trinajstić information content (AvgIpc) is 2.62. The second kappa shape index (κ2) is 4.87. The number of hydrogen-bond acceptors (Lipinski definition) is 3. The van der Waals surface area contributed by atoms with Crippen molar-refractivity contribution in [1.82, 2.24) is 9.78 Å². The highest BCUT2D eigenvalue weighted by Gasteiger charge is 2.31. The van der Waals surface area contributed by atoms with Crippen LogP contribution in [0.2, 0.25) is 0 Å². The number of aromatic nitrogens is 2. The van der Waals surface area contributed by atoms with Gasteiger partial charge in [0.2, 0.25) is 0 Å². The van der Waals surface area contributed by atoms with Crippen LogP contribution in [0.15, 0.2) is 12.4 Å². The summed E-state index contributed by atoms with van der Waals surface area (Å²) in [5.74, 6) is 0. The molecule has 2 heterocycles. The van der Waals surface area contributed by atoms with Crippen LogP contribution in [-0.4, -0.2) is 40.2 Å². The number of likely N-dealkylation sites (tertiary alicyclic amines) is 1. The lowest BCUT2D eigenvalue weighted by Gasteiger charge is -2.35. The van der Waals surface area contributed by atoms with Gasteiger partial charge >= 0.3 is 0 Å². The predicted molar refractivity (Wildman–Crippen MR) is 70.4 cm³/mol. The number of rotatable bonds is 3. The first-order chi connectivity index (χ1) is 8.38. The van der Waals surface area contributed by atoms with Gasteiger partial charge in [0, 0.05) is 13.2 Å². The number of nitrogens with one attached hydrogen (secondary N) is 2. The summed E-state index contributed by atoms with van der Waals surface area (Å²) in [4.78, 5) is 1.38. The monoisotopic (exact) mass is 273 g/mol. The highest BCUT2D eigenvalue weighted by Crippen LogP contribution is 2.21. The van der Waals surface area contributed by atoms with E-state index in [0.29, 0.717) is 5.69 Å². The van der Waals surface area contributed by atoms with Crippen molar-refractivity contribution in [3.05, 3.63) is 12.4 Å². The molecule has 2 rings (SSSR count). The normalized spacial score (nSPS) is 27.7. The Morgan fingerprint density at radius 3 is 2.94 bits per heavy atom. The summed E-state index contributed by atoms with van der Waals surface area (Å²) in [6.45, 7) is 1.96. The molecule has 1 aromatic heterocycles. The van der Waals surface area contributed by atoms with E-state index in [9.17, 15) is 4.21 Å². The van der Waals surface area contributed by atoms with E-state index in [-0.39, 0.29) is 6.04 Å². The van der Waals surface area contributed by atoms with Crippen LogP contribution in [0.1, 0.15) is 12.8 Å². The molecule has 0 aromatic carbocycles. The molecule has 102 valence electrons. The molecule has 0 saturated carbocycles. The van der Waals surface area contributed by atoms with Crippen LogP contribution in [0.5, 0.6) is 0 Å². The molecule has 0 spiro atoms. The Morgan fingerprint density at radius 2 is 2.44 bits per heavy atom. The quantitative estimate of drug-likeness (QED) is 0.641. The molecule has 18 heavy (non-hydrogen) atoms. The molecule has 8 heteroatoms. The van der Waals surface area contributed by atoms with Crippen molar-refractivity contribution in [1.29, 1.82) is 4.78 Å². The van der Waals surface area contributed by atoms with Crippen LogP contribution >= 0.6 is 0 Å². The minimum Gasteiger partial charge on any atom is -0.336 e. The maximum Gasteiger partial charge on any atom is 0.192 e. The van der Waals surface area contributed by atoms with Crippen LogP contribution in [0.3, 0.4) is 0 Å². The molecule has 1 aliphatic heterocycles. The van der Waals surface area contributed by atoms with Crippen molar-refractivity contribution in [3.8, 4) is 0 Å². The Kier molecular flexibility index (Phi) is 3.60. The van der Waals surface area contributed by atoms with E-state index in [0.717, 1.165) is 25.9 Å². The Hall–Kier alpha value is -1.12. The second-order valence-corrected chi connectivity index (χ2v) is 6.50. The van der Waals surface area contributed by atoms with Gasteiger partial charge in [0.15, 0.2) is 10.1 Å². The first kappa shape index (κ1) is 13.3. The van der Waals surface area contributed by atoms with Crippen molar-refractivity contribution >= 4 is 15.8 Å². The number of anilines is 1. The lowest BCUT2D eigenvalue weighted by molar-refractivity contribution is -0.885. The van der Waals surface area contributed by atoms with Crippen LogP contribution in [-0.2, 0) is 17.1 Å². The molecule has 0 aliphatic carbocycles. The fourth-order valence-corrected chi connectivity index (χ4v) is 3.59. The summed E-state index contributed by atoms with van der Waals surface area (Å²) in [7, 11) is 0.640. The predicted octanol–water partition coefficient (Wildman–Crippen LogP) is -1.26. The Bertz CT molecular complexity index is 510. The molecule has 1 saturated heterocycles. The number of likely N-dealkylation sites (N-methyl/N-ethyl adjacent to an activating group) is 1. The summed E-state index contributed by atoms with van der Waals surface area (Å²) in [5.41, 5.74) is 0.666.